The van der Waals surface area contributed by atoms with Gasteiger partial charge >= 0.3 is 0 Å². The lowest BCUT2D eigenvalue weighted by Crippen LogP contribution is -2.43. The van der Waals surface area contributed by atoms with E-state index in [1.54, 1.807) is 7.11 Å². The molecule has 27 heavy (non-hydrogen) atoms. The van der Waals surface area contributed by atoms with Gasteiger partial charge in [-0.3, -0.25) is 9.59 Å². The maximum Gasteiger partial charge on any atom is 0.237 e. The van der Waals surface area contributed by atoms with Crippen LogP contribution in [-0.2, 0) is 15.0 Å². The Morgan fingerprint density at radius 2 is 1.96 bits per heavy atom. The van der Waals surface area contributed by atoms with Crippen molar-refractivity contribution in [1.29, 1.82) is 0 Å². The molecule has 1 unspecified atom stereocenters. The molecular formula is C22H26N2O3. The number of carbonyl (C=O) groups excluding carboxylic acids is 2. The molecule has 2 aromatic rings. The number of benzene rings is 2. The minimum atomic E-state index is -0.937. The molecule has 0 bridgehead atoms. The zero-order valence-electron chi connectivity index (χ0n) is 16.3. The Hall–Kier alpha value is -2.82. The van der Waals surface area contributed by atoms with Crippen LogP contribution >= 0.6 is 0 Å². The van der Waals surface area contributed by atoms with Gasteiger partial charge in [0.25, 0.3) is 0 Å². The molecule has 5 nitrogen and oxygen atoms in total. The van der Waals surface area contributed by atoms with Crippen LogP contribution in [0.15, 0.2) is 42.5 Å². The van der Waals surface area contributed by atoms with Gasteiger partial charge in [0.05, 0.1) is 12.8 Å². The van der Waals surface area contributed by atoms with Gasteiger partial charge in [-0.25, -0.2) is 0 Å². The fraction of sp³-hybridized carbons (Fsp3) is 0.364. The van der Waals surface area contributed by atoms with Crippen molar-refractivity contribution in [2.75, 3.05) is 19.0 Å². The fourth-order valence-electron chi connectivity index (χ4n) is 3.70. The predicted molar refractivity (Wildman–Crippen MR) is 106 cm³/mol. The highest BCUT2D eigenvalue weighted by Crippen LogP contribution is 2.38. The van der Waals surface area contributed by atoms with Crippen LogP contribution in [0.1, 0.15) is 42.9 Å². The third-order valence-corrected chi connectivity index (χ3v) is 5.19. The average molecular weight is 366 g/mol. The number of hydrogen-bond acceptors (Lipinski definition) is 3. The number of ether oxygens (including phenoxy) is 1. The molecule has 1 heterocycles. The van der Waals surface area contributed by atoms with Crippen molar-refractivity contribution in [3.63, 3.8) is 0 Å². The summed E-state index contributed by atoms with van der Waals surface area (Å²) in [6.07, 6.45) is 0.136. The number of aryl methyl sites for hydroxylation is 1. The summed E-state index contributed by atoms with van der Waals surface area (Å²) >= 11 is 0. The molecule has 3 rings (SSSR count). The first-order valence-electron chi connectivity index (χ1n) is 9.19. The van der Waals surface area contributed by atoms with Crippen LogP contribution in [0, 0.1) is 6.92 Å². The SMILES string of the molecule is COc1cc(C)ccc1NC(=O)C1(c2ccccc2C(C)C)CNC(=O)C1. The second kappa shape index (κ2) is 7.43. The average Bonchev–Trinajstić information content (AvgIpc) is 3.06. The Bertz CT molecular complexity index is 876. The molecule has 1 saturated heterocycles. The second-order valence-electron chi connectivity index (χ2n) is 7.44. The van der Waals surface area contributed by atoms with Gasteiger partial charge < -0.3 is 15.4 Å². The first kappa shape index (κ1) is 19.0. The van der Waals surface area contributed by atoms with Gasteiger partial charge in [-0.1, -0.05) is 44.2 Å². The Balaban J connectivity index is 2.04. The summed E-state index contributed by atoms with van der Waals surface area (Å²) in [6, 6.07) is 13.5. The molecule has 1 aliphatic heterocycles. The maximum absolute atomic E-state index is 13.5. The minimum Gasteiger partial charge on any atom is -0.495 e. The highest BCUT2D eigenvalue weighted by atomic mass is 16.5. The lowest BCUT2D eigenvalue weighted by atomic mass is 9.74. The standard InChI is InChI=1S/C22H26N2O3/c1-14(2)16-7-5-6-8-17(16)22(12-20(25)23-13-22)21(26)24-18-10-9-15(3)11-19(18)27-4/h5-11,14H,12-13H2,1-4H3,(H,23,25)(H,24,26). The molecule has 2 N–H and O–H groups in total. The largest absolute Gasteiger partial charge is 0.495 e. The van der Waals surface area contributed by atoms with E-state index >= 15 is 0 Å². The molecule has 142 valence electrons. The van der Waals surface area contributed by atoms with Crippen LogP contribution in [0.5, 0.6) is 5.75 Å². The monoisotopic (exact) mass is 366 g/mol. The van der Waals surface area contributed by atoms with Gasteiger partial charge in [0.1, 0.15) is 11.2 Å². The molecule has 0 spiro atoms. The number of methoxy groups -OCH3 is 1. The van der Waals surface area contributed by atoms with Gasteiger partial charge in [0.15, 0.2) is 0 Å². The van der Waals surface area contributed by atoms with E-state index in [9.17, 15) is 9.59 Å². The number of anilines is 1. The Morgan fingerprint density at radius 3 is 2.59 bits per heavy atom. The number of amides is 2. The molecule has 5 heteroatoms. The Labute approximate surface area is 160 Å². The molecule has 0 radical (unpaired) electrons. The van der Waals surface area contributed by atoms with Crippen LogP contribution in [0.3, 0.4) is 0 Å². The summed E-state index contributed by atoms with van der Waals surface area (Å²) in [7, 11) is 1.58. The van der Waals surface area contributed by atoms with E-state index in [-0.39, 0.29) is 30.7 Å². The van der Waals surface area contributed by atoms with E-state index in [0.717, 1.165) is 16.7 Å². The van der Waals surface area contributed by atoms with Crippen LogP contribution in [-0.4, -0.2) is 25.5 Å². The summed E-state index contributed by atoms with van der Waals surface area (Å²) in [5.41, 5.74) is 2.70. The molecule has 0 aromatic heterocycles. The summed E-state index contributed by atoms with van der Waals surface area (Å²) < 4.78 is 5.41. The van der Waals surface area contributed by atoms with E-state index < -0.39 is 5.41 Å². The first-order chi connectivity index (χ1) is 12.9. The highest BCUT2D eigenvalue weighted by molar-refractivity contribution is 6.05. The topological polar surface area (TPSA) is 67.4 Å². The number of rotatable bonds is 5. The molecule has 2 aromatic carbocycles. The van der Waals surface area contributed by atoms with Crippen molar-refractivity contribution in [2.45, 2.75) is 38.5 Å². The molecule has 0 aliphatic carbocycles. The van der Waals surface area contributed by atoms with Crippen LogP contribution in [0.2, 0.25) is 0 Å². The number of carbonyl (C=O) groups is 2. The minimum absolute atomic E-state index is 0.111. The first-order valence-corrected chi connectivity index (χ1v) is 9.19. The fourth-order valence-corrected chi connectivity index (χ4v) is 3.70. The Morgan fingerprint density at radius 1 is 1.22 bits per heavy atom. The lowest BCUT2D eigenvalue weighted by molar-refractivity contribution is -0.124. The van der Waals surface area contributed by atoms with Crippen molar-refractivity contribution in [2.24, 2.45) is 0 Å². The van der Waals surface area contributed by atoms with Crippen LogP contribution in [0.4, 0.5) is 5.69 Å². The van der Waals surface area contributed by atoms with Gasteiger partial charge in [-0.05, 0) is 41.7 Å². The van der Waals surface area contributed by atoms with E-state index in [2.05, 4.69) is 24.5 Å². The normalized spacial score (nSPS) is 19.1. The summed E-state index contributed by atoms with van der Waals surface area (Å²) in [5, 5.41) is 5.85. The smallest absolute Gasteiger partial charge is 0.237 e. The maximum atomic E-state index is 13.5. The molecule has 0 saturated carbocycles. The predicted octanol–water partition coefficient (Wildman–Crippen LogP) is 3.52. The van der Waals surface area contributed by atoms with Crippen molar-refractivity contribution in [3.8, 4) is 5.75 Å². The molecule has 2 amide bonds. The van der Waals surface area contributed by atoms with E-state index in [1.165, 1.54) is 0 Å². The van der Waals surface area contributed by atoms with Gasteiger partial charge in [-0.15, -0.1) is 0 Å². The van der Waals surface area contributed by atoms with Crippen LogP contribution < -0.4 is 15.4 Å². The van der Waals surface area contributed by atoms with Crippen molar-refractivity contribution in [1.82, 2.24) is 5.32 Å². The van der Waals surface area contributed by atoms with Crippen molar-refractivity contribution < 1.29 is 14.3 Å². The zero-order valence-corrected chi connectivity index (χ0v) is 16.3. The Kier molecular flexibility index (Phi) is 5.22. The third kappa shape index (κ3) is 3.54. The van der Waals surface area contributed by atoms with E-state index in [4.69, 9.17) is 4.74 Å². The lowest BCUT2D eigenvalue weighted by Gasteiger charge is -2.30. The molecular weight excluding hydrogens is 340 g/mol. The van der Waals surface area contributed by atoms with E-state index in [0.29, 0.717) is 11.4 Å². The van der Waals surface area contributed by atoms with Gasteiger partial charge in [0.2, 0.25) is 11.8 Å². The number of nitrogens with one attached hydrogen (secondary N) is 2. The van der Waals surface area contributed by atoms with Crippen molar-refractivity contribution >= 4 is 17.5 Å². The van der Waals surface area contributed by atoms with Crippen molar-refractivity contribution in [3.05, 3.63) is 59.2 Å². The molecule has 1 atom stereocenters. The van der Waals surface area contributed by atoms with Gasteiger partial charge in [-0.2, -0.15) is 0 Å². The third-order valence-electron chi connectivity index (χ3n) is 5.19. The second-order valence-corrected chi connectivity index (χ2v) is 7.44. The highest BCUT2D eigenvalue weighted by Gasteiger charge is 2.48. The molecule has 1 fully saturated rings. The van der Waals surface area contributed by atoms with Gasteiger partial charge in [0, 0.05) is 13.0 Å². The summed E-state index contributed by atoms with van der Waals surface area (Å²) in [5.74, 6) is 0.541. The number of hydrogen-bond donors (Lipinski definition) is 2. The summed E-state index contributed by atoms with van der Waals surface area (Å²) in [4.78, 5) is 25.6. The van der Waals surface area contributed by atoms with Crippen LogP contribution in [0.25, 0.3) is 0 Å². The zero-order chi connectivity index (χ0) is 19.6. The summed E-state index contributed by atoms with van der Waals surface area (Å²) in [6.45, 7) is 6.44. The molecule has 1 aliphatic rings. The van der Waals surface area contributed by atoms with E-state index in [1.807, 2.05) is 49.4 Å². The quantitative estimate of drug-likeness (QED) is 0.851.